The maximum atomic E-state index is 8.25. The highest BCUT2D eigenvalue weighted by molar-refractivity contribution is 6.25. The number of nitrogens with zero attached hydrogens (tertiary/aromatic N) is 4. The van der Waals surface area contributed by atoms with Crippen molar-refractivity contribution >= 4 is 131 Å². The molecule has 0 N–H and O–H groups in total. The number of hydrogen-bond acceptors (Lipinski definition) is 4. The second kappa shape index (κ2) is 26.8. The maximum Gasteiger partial charge on any atom is 0.216 e. The summed E-state index contributed by atoms with van der Waals surface area (Å²) < 4.78 is 178. The summed E-state index contributed by atoms with van der Waals surface area (Å²) in [5.74, 6) is 0. The number of aromatic nitrogens is 4. The lowest BCUT2D eigenvalue weighted by Crippen LogP contribution is -2.31. The fraction of sp³-hybridized carbons (Fsp3) is 0.160. The normalized spacial score (nSPS) is 14.9. The zero-order chi connectivity index (χ0) is 89.8. The molecular formula is C100H88N4O4+4. The molecule has 20 aromatic rings. The summed E-state index contributed by atoms with van der Waals surface area (Å²) in [4.78, 5) is 0. The van der Waals surface area contributed by atoms with Crippen molar-refractivity contribution in [3.05, 3.63) is 310 Å². The van der Waals surface area contributed by atoms with Crippen LogP contribution in [0.2, 0.25) is 0 Å². The number of aryl methyl sites for hydroxylation is 16. The number of fused-ring (bicyclic) bond motifs is 20. The summed E-state index contributed by atoms with van der Waals surface area (Å²) in [6.07, 6.45) is 7.21. The van der Waals surface area contributed by atoms with E-state index in [1.54, 1.807) is 72.9 Å². The average Bonchev–Trinajstić information content (AvgIpc) is 1.57. The highest BCUT2D eigenvalue weighted by Crippen LogP contribution is 2.47. The highest BCUT2D eigenvalue weighted by Gasteiger charge is 2.29. The molecule has 0 aliphatic carbocycles. The summed E-state index contributed by atoms with van der Waals surface area (Å²) in [6.45, 7) is -2.15. The van der Waals surface area contributed by atoms with Crippen LogP contribution in [0.4, 0.5) is 0 Å². The molecule has 0 saturated heterocycles. The van der Waals surface area contributed by atoms with E-state index >= 15 is 0 Å². The van der Waals surface area contributed by atoms with E-state index in [0.717, 1.165) is 137 Å². The van der Waals surface area contributed by atoms with E-state index < -0.39 is 41.1 Å². The van der Waals surface area contributed by atoms with Crippen LogP contribution < -0.4 is 18.3 Å². The van der Waals surface area contributed by atoms with Crippen molar-refractivity contribution in [2.24, 2.45) is 28.2 Å². The van der Waals surface area contributed by atoms with E-state index in [1.807, 2.05) is 235 Å². The third-order valence-electron chi connectivity index (χ3n) is 21.3. The van der Waals surface area contributed by atoms with Crippen molar-refractivity contribution in [3.8, 4) is 45.0 Å². The Bertz CT molecular complexity index is 7890. The molecule has 12 aromatic carbocycles. The Labute approximate surface area is 654 Å². The molecule has 0 amide bonds. The smallest absolute Gasteiger partial charge is 0.216 e. The molecule has 0 bridgehead atoms. The van der Waals surface area contributed by atoms with Crippen LogP contribution in [-0.2, 0) is 28.2 Å². The molecule has 528 valence electrons. The first kappa shape index (κ1) is 50.8. The van der Waals surface area contributed by atoms with E-state index in [4.69, 9.17) is 42.3 Å². The van der Waals surface area contributed by atoms with Crippen LogP contribution in [0.15, 0.2) is 261 Å². The SMILES string of the molecule is [2H]C([2H])([2H])c1c[n+](C)c(-c2c(C)cc(C([2H])([2H])[2H])c3c2oc2ccc4ccccc4c23)cc1C.[2H]C([2H])([2H])c1cc(C)c(-c2cc(C)cc[n+]2C)c2oc3ccc4ccccc4c3c12.[2H]C([2H])([2H])c1cc(C)c(-c2cccc[n+]2C)c2oc3ccc4ccccc4c3c12.[2H]C([2H])([2H])c1ccc(-c2c(C)cc(C([2H])([2H])[2H])c3c2oc2ccc4ccccc4c23)[n+](C)c1. The van der Waals surface area contributed by atoms with Crippen LogP contribution in [0.1, 0.15) is 91.4 Å². The van der Waals surface area contributed by atoms with Crippen molar-refractivity contribution in [3.63, 3.8) is 0 Å². The van der Waals surface area contributed by atoms with Gasteiger partial charge in [-0.25, -0.2) is 18.3 Å². The number of furan rings is 4. The van der Waals surface area contributed by atoms with Crippen molar-refractivity contribution in [2.45, 2.75) is 82.7 Å². The minimum Gasteiger partial charge on any atom is -0.455 e. The lowest BCUT2D eigenvalue weighted by Gasteiger charge is -2.09. The van der Waals surface area contributed by atoms with Gasteiger partial charge >= 0.3 is 0 Å². The molecule has 0 atom stereocenters. The van der Waals surface area contributed by atoms with Gasteiger partial charge in [0.25, 0.3) is 0 Å². The van der Waals surface area contributed by atoms with Gasteiger partial charge in [-0.3, -0.25) is 0 Å². The molecular weight excluding hydrogens is 1320 g/mol. The van der Waals surface area contributed by atoms with Crippen molar-refractivity contribution in [2.75, 3.05) is 0 Å². The standard InChI is InChI=1S/C26H24NO.2C25H22NO.C24H20NO/c1-15-13-21(27(5)14-18(15)4)23-16(2)12-17(3)24-25-20-9-7-6-8-19(20)10-11-22(25)28-26(23)24;1-15-9-11-20(26(4)14-15)22-16(2)13-17(3)23-24-19-8-6-5-7-18(19)10-12-21(24)27-25(22)23;1-15-11-12-26(4)20(13-15)22-16(2)14-17(3)23-24-19-8-6-5-7-18(19)9-10-21(24)27-25(22)23;1-15-14-16(2)22-23-18-9-5-4-8-17(18)11-12-20(23)26-24(22)21(15)19-10-6-7-13-25(19)3/h6-14H,1-5H3;2*5-14H,1-4H3;4-14H,1-3H3/q4*+1/i3D3,4D3;1D3,3D3;3D3;2D3. The third-order valence-corrected chi connectivity index (χ3v) is 21.3. The lowest BCUT2D eigenvalue weighted by molar-refractivity contribution is -0.660. The van der Waals surface area contributed by atoms with Gasteiger partial charge < -0.3 is 17.7 Å². The highest BCUT2D eigenvalue weighted by atomic mass is 16.3. The van der Waals surface area contributed by atoms with Gasteiger partial charge in [-0.1, -0.05) is 146 Å². The molecule has 0 radical (unpaired) electrons. The Morgan fingerprint density at radius 1 is 0.241 bits per heavy atom. The monoisotopic (exact) mass is 1430 g/mol. The fourth-order valence-electron chi connectivity index (χ4n) is 16.2. The van der Waals surface area contributed by atoms with Crippen molar-refractivity contribution in [1.82, 2.24) is 0 Å². The molecule has 108 heavy (non-hydrogen) atoms. The molecule has 0 fully saturated rings. The quantitative estimate of drug-likeness (QED) is 0.165. The first-order valence-electron chi connectivity index (χ1n) is 44.9. The lowest BCUT2D eigenvalue weighted by atomic mass is 9.94. The van der Waals surface area contributed by atoms with Gasteiger partial charge in [0.05, 0.1) is 22.3 Å². The molecule has 0 saturated carbocycles. The summed E-state index contributed by atoms with van der Waals surface area (Å²) in [5, 5.41) is 13.8. The molecule has 8 nitrogen and oxygen atoms in total. The maximum absolute atomic E-state index is 8.25. The summed E-state index contributed by atoms with van der Waals surface area (Å²) in [5.41, 5.74) is 18.4. The van der Waals surface area contributed by atoms with E-state index in [1.165, 1.54) is 0 Å². The Balaban J connectivity index is 0.000000119. The predicted molar refractivity (Wildman–Crippen MR) is 448 cm³/mol. The molecule has 0 spiro atoms. The zero-order valence-electron chi connectivity index (χ0n) is 79.5. The van der Waals surface area contributed by atoms with E-state index in [9.17, 15) is 0 Å². The van der Waals surface area contributed by atoms with Crippen LogP contribution in [0.25, 0.3) is 176 Å². The largest absolute Gasteiger partial charge is 0.455 e. The minimum absolute atomic E-state index is 0.234. The van der Waals surface area contributed by atoms with Gasteiger partial charge in [-0.2, -0.15) is 0 Å². The van der Waals surface area contributed by atoms with Crippen molar-refractivity contribution < 1.29 is 60.6 Å². The summed E-state index contributed by atoms with van der Waals surface area (Å²) in [7, 11) is 7.56. The van der Waals surface area contributed by atoms with Crippen molar-refractivity contribution in [1.29, 1.82) is 0 Å². The fourth-order valence-corrected chi connectivity index (χ4v) is 16.2. The van der Waals surface area contributed by atoms with Crippen LogP contribution in [0.3, 0.4) is 0 Å². The van der Waals surface area contributed by atoms with E-state index in [2.05, 4.69) is 23.6 Å². The number of pyridine rings is 4. The first-order valence-corrected chi connectivity index (χ1v) is 35.9. The zero-order valence-corrected chi connectivity index (χ0v) is 61.5. The van der Waals surface area contributed by atoms with Crippen LogP contribution in [-0.4, -0.2) is 0 Å². The minimum atomic E-state index is -2.33. The van der Waals surface area contributed by atoms with Crippen LogP contribution in [0, 0.1) is 82.7 Å². The molecule has 8 heterocycles. The number of rotatable bonds is 4. The molecule has 8 heteroatoms. The molecule has 0 aliphatic rings. The summed E-state index contributed by atoms with van der Waals surface area (Å²) in [6, 6.07) is 69.7. The third kappa shape index (κ3) is 11.4. The van der Waals surface area contributed by atoms with Gasteiger partial charge in [0.1, 0.15) is 72.9 Å². The number of benzene rings is 12. The topological polar surface area (TPSA) is 68.1 Å². The van der Waals surface area contributed by atoms with Gasteiger partial charge in [-0.15, -0.1) is 0 Å². The Morgan fingerprint density at radius 3 is 0.954 bits per heavy atom. The van der Waals surface area contributed by atoms with Gasteiger partial charge in [0.15, 0.2) is 24.8 Å². The van der Waals surface area contributed by atoms with E-state index in [-0.39, 0.29) is 22.3 Å². The van der Waals surface area contributed by atoms with Gasteiger partial charge in [0.2, 0.25) is 22.8 Å². The molecule has 20 rings (SSSR count). The second-order valence-corrected chi connectivity index (χ2v) is 28.5. The van der Waals surface area contributed by atoms with E-state index in [0.29, 0.717) is 82.9 Å². The number of hydrogen-bond donors (Lipinski definition) is 0. The van der Waals surface area contributed by atoms with Crippen LogP contribution >= 0.6 is 0 Å². The average molecular weight is 1430 g/mol. The van der Waals surface area contributed by atoms with Gasteiger partial charge in [0, 0.05) is 115 Å². The predicted octanol–water partition coefficient (Wildman–Crippen LogP) is 24.6. The molecule has 8 aromatic heterocycles. The first-order chi connectivity index (χ1) is 59.5. The Morgan fingerprint density at radius 2 is 0.583 bits per heavy atom. The van der Waals surface area contributed by atoms with Crippen LogP contribution in [0.5, 0.6) is 0 Å². The molecule has 0 aliphatic heterocycles. The Kier molecular flexibility index (Phi) is 12.6. The molecule has 0 unspecified atom stereocenters. The second-order valence-electron chi connectivity index (χ2n) is 28.5. The summed E-state index contributed by atoms with van der Waals surface area (Å²) >= 11 is 0. The Hall–Kier alpha value is -12.5. The van der Waals surface area contributed by atoms with Gasteiger partial charge in [-0.05, 0) is 218 Å².